The average molecular weight is 368 g/mol. The van der Waals surface area contributed by atoms with Crippen LogP contribution in [-0.2, 0) is 17.8 Å². The van der Waals surface area contributed by atoms with Crippen molar-refractivity contribution in [2.75, 3.05) is 16.8 Å². The molecule has 2 amide bonds. The molecule has 6 nitrogen and oxygen atoms in total. The van der Waals surface area contributed by atoms with Gasteiger partial charge in [-0.15, -0.1) is 0 Å². The van der Waals surface area contributed by atoms with Gasteiger partial charge in [-0.25, -0.2) is 0 Å². The van der Waals surface area contributed by atoms with Gasteiger partial charge in [0.25, 0.3) is 5.91 Å². The van der Waals surface area contributed by atoms with Crippen LogP contribution in [0.4, 0.5) is 11.4 Å². The highest BCUT2D eigenvalue weighted by atomic mass is 16.2. The van der Waals surface area contributed by atoms with E-state index in [-0.39, 0.29) is 11.8 Å². The Balaban J connectivity index is 1.77. The molecule has 3 rings (SSSR count). The second-order valence-corrected chi connectivity index (χ2v) is 7.54. The molecule has 0 aliphatic carbocycles. The van der Waals surface area contributed by atoms with Crippen molar-refractivity contribution in [1.82, 2.24) is 9.78 Å². The number of rotatable bonds is 6. The van der Waals surface area contributed by atoms with Crippen LogP contribution in [0.1, 0.15) is 55.4 Å². The lowest BCUT2D eigenvalue weighted by atomic mass is 10.1. The maximum atomic E-state index is 12.8. The molecule has 0 spiro atoms. The summed E-state index contributed by atoms with van der Waals surface area (Å²) in [6.45, 7) is 9.64. The van der Waals surface area contributed by atoms with Crippen molar-refractivity contribution < 1.29 is 9.59 Å². The van der Waals surface area contributed by atoms with Gasteiger partial charge in [-0.2, -0.15) is 5.10 Å². The number of hydrogen-bond donors (Lipinski definition) is 1. The third kappa shape index (κ3) is 4.21. The Morgan fingerprint density at radius 1 is 1.30 bits per heavy atom. The maximum absolute atomic E-state index is 12.8. The molecule has 1 N–H and O–H groups in total. The van der Waals surface area contributed by atoms with Crippen LogP contribution < -0.4 is 10.2 Å². The fraction of sp³-hybridized carbons (Fsp3) is 0.476. The van der Waals surface area contributed by atoms with E-state index in [1.165, 1.54) is 0 Å². The van der Waals surface area contributed by atoms with E-state index in [9.17, 15) is 9.59 Å². The lowest BCUT2D eigenvalue weighted by molar-refractivity contribution is -0.117. The first-order valence-electron chi connectivity index (χ1n) is 9.68. The number of nitrogens with zero attached hydrogens (tertiary/aromatic N) is 3. The molecule has 0 unspecified atom stereocenters. The minimum Gasteiger partial charge on any atom is -0.321 e. The zero-order valence-corrected chi connectivity index (χ0v) is 16.6. The summed E-state index contributed by atoms with van der Waals surface area (Å²) in [5.74, 6) is 0.493. The zero-order valence-electron chi connectivity index (χ0n) is 16.6. The van der Waals surface area contributed by atoms with Crippen LogP contribution in [0.3, 0.4) is 0 Å². The van der Waals surface area contributed by atoms with Crippen molar-refractivity contribution in [1.29, 1.82) is 0 Å². The summed E-state index contributed by atoms with van der Waals surface area (Å²) < 4.78 is 1.75. The van der Waals surface area contributed by atoms with Crippen LogP contribution >= 0.6 is 0 Å². The first-order chi connectivity index (χ1) is 12.9. The monoisotopic (exact) mass is 368 g/mol. The molecule has 2 heterocycles. The SMILES string of the molecule is CCn1nc(CC(C)C)cc1C(=O)Nc1ccc(N2CCCC2=O)c(C)c1. The highest BCUT2D eigenvalue weighted by Gasteiger charge is 2.23. The van der Waals surface area contributed by atoms with Gasteiger partial charge in [0, 0.05) is 30.9 Å². The van der Waals surface area contributed by atoms with E-state index in [4.69, 9.17) is 0 Å². The number of carbonyl (C=O) groups is 2. The van der Waals surface area contributed by atoms with Crippen molar-refractivity contribution >= 4 is 23.2 Å². The molecule has 144 valence electrons. The summed E-state index contributed by atoms with van der Waals surface area (Å²) >= 11 is 0. The van der Waals surface area contributed by atoms with E-state index < -0.39 is 0 Å². The predicted octanol–water partition coefficient (Wildman–Crippen LogP) is 3.79. The Morgan fingerprint density at radius 3 is 2.67 bits per heavy atom. The first-order valence-corrected chi connectivity index (χ1v) is 9.68. The number of hydrogen-bond acceptors (Lipinski definition) is 3. The minimum absolute atomic E-state index is 0.163. The molecule has 0 bridgehead atoms. The lowest BCUT2D eigenvalue weighted by Gasteiger charge is -2.19. The molecule has 27 heavy (non-hydrogen) atoms. The van der Waals surface area contributed by atoms with E-state index in [0.29, 0.717) is 24.6 Å². The topological polar surface area (TPSA) is 67.2 Å². The van der Waals surface area contributed by atoms with Gasteiger partial charge in [0.2, 0.25) is 5.91 Å². The van der Waals surface area contributed by atoms with Crippen LogP contribution in [0, 0.1) is 12.8 Å². The Morgan fingerprint density at radius 2 is 2.07 bits per heavy atom. The minimum atomic E-state index is -0.163. The van der Waals surface area contributed by atoms with Crippen LogP contribution in [0.5, 0.6) is 0 Å². The van der Waals surface area contributed by atoms with Gasteiger partial charge < -0.3 is 10.2 Å². The number of anilines is 2. The molecular weight excluding hydrogens is 340 g/mol. The maximum Gasteiger partial charge on any atom is 0.273 e. The smallest absolute Gasteiger partial charge is 0.273 e. The number of amides is 2. The van der Waals surface area contributed by atoms with Gasteiger partial charge in [-0.05, 0) is 62.4 Å². The molecule has 1 fully saturated rings. The highest BCUT2D eigenvalue weighted by Crippen LogP contribution is 2.27. The average Bonchev–Trinajstić information content (AvgIpc) is 3.20. The van der Waals surface area contributed by atoms with E-state index in [0.717, 1.165) is 42.0 Å². The summed E-state index contributed by atoms with van der Waals surface area (Å²) in [4.78, 5) is 26.6. The van der Waals surface area contributed by atoms with E-state index in [1.54, 1.807) is 4.68 Å². The third-order valence-electron chi connectivity index (χ3n) is 4.80. The van der Waals surface area contributed by atoms with Crippen molar-refractivity contribution in [3.63, 3.8) is 0 Å². The largest absolute Gasteiger partial charge is 0.321 e. The van der Waals surface area contributed by atoms with Gasteiger partial charge in [0.05, 0.1) is 5.69 Å². The van der Waals surface area contributed by atoms with Gasteiger partial charge >= 0.3 is 0 Å². The Hall–Kier alpha value is -2.63. The molecular formula is C21H28N4O2. The van der Waals surface area contributed by atoms with Gasteiger partial charge in [0.15, 0.2) is 0 Å². The summed E-state index contributed by atoms with van der Waals surface area (Å²) in [5, 5.41) is 7.50. The molecule has 2 aromatic rings. The van der Waals surface area contributed by atoms with Crippen LogP contribution in [-0.4, -0.2) is 28.1 Å². The standard InChI is InChI=1S/C21H28N4O2/c1-5-25-19(13-17(23-25)11-14(2)3)21(27)22-16-8-9-18(15(4)12-16)24-10-6-7-20(24)26/h8-9,12-14H,5-7,10-11H2,1-4H3,(H,22,27). The van der Waals surface area contributed by atoms with Crippen molar-refractivity contribution in [3.8, 4) is 0 Å². The second kappa shape index (κ2) is 7.94. The Bertz CT molecular complexity index is 854. The quantitative estimate of drug-likeness (QED) is 0.843. The lowest BCUT2D eigenvalue weighted by Crippen LogP contribution is -2.24. The van der Waals surface area contributed by atoms with Crippen LogP contribution in [0.25, 0.3) is 0 Å². The summed E-state index contributed by atoms with van der Waals surface area (Å²) in [5.41, 5.74) is 4.14. The summed E-state index contributed by atoms with van der Waals surface area (Å²) in [6, 6.07) is 7.56. The van der Waals surface area contributed by atoms with Gasteiger partial charge in [-0.1, -0.05) is 13.8 Å². The Kier molecular flexibility index (Phi) is 5.63. The van der Waals surface area contributed by atoms with Gasteiger partial charge in [0.1, 0.15) is 5.69 Å². The number of carbonyl (C=O) groups excluding carboxylic acids is 2. The van der Waals surface area contributed by atoms with E-state index >= 15 is 0 Å². The van der Waals surface area contributed by atoms with Crippen molar-refractivity contribution in [3.05, 3.63) is 41.2 Å². The number of aryl methyl sites for hydroxylation is 2. The normalized spacial score (nSPS) is 14.3. The first kappa shape index (κ1) is 19.1. The van der Waals surface area contributed by atoms with Crippen LogP contribution in [0.2, 0.25) is 0 Å². The molecule has 1 aromatic carbocycles. The molecule has 1 saturated heterocycles. The summed E-state index contributed by atoms with van der Waals surface area (Å²) in [6.07, 6.45) is 2.36. The highest BCUT2D eigenvalue weighted by molar-refractivity contribution is 6.03. The molecule has 1 aliphatic heterocycles. The molecule has 1 aromatic heterocycles. The third-order valence-corrected chi connectivity index (χ3v) is 4.80. The predicted molar refractivity (Wildman–Crippen MR) is 107 cm³/mol. The number of aromatic nitrogens is 2. The number of nitrogens with one attached hydrogen (secondary N) is 1. The van der Waals surface area contributed by atoms with Crippen molar-refractivity contribution in [2.24, 2.45) is 5.92 Å². The second-order valence-electron chi connectivity index (χ2n) is 7.54. The molecule has 1 aliphatic rings. The van der Waals surface area contributed by atoms with E-state index in [2.05, 4.69) is 24.3 Å². The molecule has 6 heteroatoms. The molecule has 0 saturated carbocycles. The van der Waals surface area contributed by atoms with E-state index in [1.807, 2.05) is 43.0 Å². The Labute approximate surface area is 160 Å². The van der Waals surface area contributed by atoms with Crippen LogP contribution in [0.15, 0.2) is 24.3 Å². The molecule has 0 atom stereocenters. The molecule has 0 radical (unpaired) electrons. The van der Waals surface area contributed by atoms with Gasteiger partial charge in [-0.3, -0.25) is 14.3 Å². The fourth-order valence-electron chi connectivity index (χ4n) is 3.55. The fourth-order valence-corrected chi connectivity index (χ4v) is 3.55. The van der Waals surface area contributed by atoms with Crippen molar-refractivity contribution in [2.45, 2.75) is 53.5 Å². The summed E-state index contributed by atoms with van der Waals surface area (Å²) in [7, 11) is 0. The number of benzene rings is 1. The zero-order chi connectivity index (χ0) is 19.6.